The van der Waals surface area contributed by atoms with E-state index in [1.807, 2.05) is 24.3 Å². The molecule has 0 saturated carbocycles. The number of anilines is 1. The Labute approximate surface area is 126 Å². The number of carbonyl (C=O) groups is 1. The van der Waals surface area contributed by atoms with Gasteiger partial charge in [-0.2, -0.15) is 0 Å². The molecule has 0 aromatic heterocycles. The second-order valence-corrected chi connectivity index (χ2v) is 5.08. The van der Waals surface area contributed by atoms with Crippen LogP contribution in [0.3, 0.4) is 0 Å². The lowest BCUT2D eigenvalue weighted by molar-refractivity contribution is 0.102. The van der Waals surface area contributed by atoms with Gasteiger partial charge < -0.3 is 10.4 Å². The summed E-state index contributed by atoms with van der Waals surface area (Å²) >= 11 is 5.88. The van der Waals surface area contributed by atoms with Gasteiger partial charge in [-0.05, 0) is 29.7 Å². The van der Waals surface area contributed by atoms with Crippen LogP contribution in [0.25, 0.3) is 10.8 Å². The molecule has 0 unspecified atom stereocenters. The van der Waals surface area contributed by atoms with Crippen molar-refractivity contribution in [1.82, 2.24) is 0 Å². The number of phenolic OH excluding ortho intramolecular Hbond substituents is 1. The predicted octanol–water partition coefficient (Wildman–Crippen LogP) is 4.45. The van der Waals surface area contributed by atoms with E-state index in [0.717, 1.165) is 5.39 Å². The molecular formula is C17H12ClNO2. The third-order valence-corrected chi connectivity index (χ3v) is 3.46. The number of aromatic hydroxyl groups is 1. The molecule has 21 heavy (non-hydrogen) atoms. The van der Waals surface area contributed by atoms with E-state index in [4.69, 9.17) is 11.6 Å². The third-order valence-electron chi connectivity index (χ3n) is 3.23. The maximum absolute atomic E-state index is 12.3. The first-order chi connectivity index (χ1) is 10.1. The van der Waals surface area contributed by atoms with Gasteiger partial charge in [0.2, 0.25) is 0 Å². The fraction of sp³-hybridized carbons (Fsp3) is 0. The first-order valence-corrected chi connectivity index (χ1v) is 6.80. The second kappa shape index (κ2) is 5.46. The number of fused-ring (bicyclic) bond motifs is 1. The Balaban J connectivity index is 1.96. The number of hydrogen-bond donors (Lipinski definition) is 2. The SMILES string of the molecule is O=C(Nc1cccc(Cl)c1)c1ccc2ccccc2c1O. The van der Waals surface area contributed by atoms with Crippen molar-refractivity contribution in [1.29, 1.82) is 0 Å². The Morgan fingerprint density at radius 2 is 1.81 bits per heavy atom. The van der Waals surface area contributed by atoms with Crippen LogP contribution in [0.2, 0.25) is 5.02 Å². The highest BCUT2D eigenvalue weighted by atomic mass is 35.5. The fourth-order valence-electron chi connectivity index (χ4n) is 2.20. The van der Waals surface area contributed by atoms with Crippen molar-refractivity contribution in [2.75, 3.05) is 5.32 Å². The summed E-state index contributed by atoms with van der Waals surface area (Å²) in [6.45, 7) is 0. The van der Waals surface area contributed by atoms with Crippen molar-refractivity contribution < 1.29 is 9.90 Å². The van der Waals surface area contributed by atoms with Gasteiger partial charge >= 0.3 is 0 Å². The highest BCUT2D eigenvalue weighted by Gasteiger charge is 2.13. The normalized spacial score (nSPS) is 10.5. The lowest BCUT2D eigenvalue weighted by atomic mass is 10.0. The zero-order chi connectivity index (χ0) is 14.8. The minimum absolute atomic E-state index is 0.0207. The summed E-state index contributed by atoms with van der Waals surface area (Å²) in [5, 5.41) is 15.1. The summed E-state index contributed by atoms with van der Waals surface area (Å²) in [6, 6.07) is 17.6. The predicted molar refractivity (Wildman–Crippen MR) is 85.0 cm³/mol. The van der Waals surface area contributed by atoms with Crippen LogP contribution in [-0.4, -0.2) is 11.0 Å². The van der Waals surface area contributed by atoms with Gasteiger partial charge in [0.05, 0.1) is 5.56 Å². The monoisotopic (exact) mass is 297 g/mol. The van der Waals surface area contributed by atoms with Gasteiger partial charge in [0.1, 0.15) is 5.75 Å². The number of phenols is 1. The Morgan fingerprint density at radius 3 is 2.62 bits per heavy atom. The largest absolute Gasteiger partial charge is 0.506 e. The molecule has 0 aliphatic carbocycles. The lowest BCUT2D eigenvalue weighted by Crippen LogP contribution is -2.12. The third kappa shape index (κ3) is 2.69. The van der Waals surface area contributed by atoms with E-state index < -0.39 is 0 Å². The van der Waals surface area contributed by atoms with Gasteiger partial charge in [-0.25, -0.2) is 0 Å². The second-order valence-electron chi connectivity index (χ2n) is 4.65. The molecule has 0 saturated heterocycles. The molecule has 3 rings (SSSR count). The van der Waals surface area contributed by atoms with Gasteiger partial charge in [0.15, 0.2) is 0 Å². The van der Waals surface area contributed by atoms with Crippen LogP contribution in [0.1, 0.15) is 10.4 Å². The number of halogens is 1. The maximum atomic E-state index is 12.3. The van der Waals surface area contributed by atoms with E-state index in [9.17, 15) is 9.90 Å². The molecule has 0 aliphatic heterocycles. The van der Waals surface area contributed by atoms with Crippen LogP contribution < -0.4 is 5.32 Å². The van der Waals surface area contributed by atoms with Gasteiger partial charge in [-0.15, -0.1) is 0 Å². The molecule has 0 heterocycles. The number of benzene rings is 3. The average Bonchev–Trinajstić information content (AvgIpc) is 2.48. The molecule has 104 valence electrons. The molecule has 0 aliphatic rings. The van der Waals surface area contributed by atoms with Gasteiger partial charge in [0.25, 0.3) is 5.91 Å². The highest BCUT2D eigenvalue weighted by molar-refractivity contribution is 6.31. The molecule has 0 bridgehead atoms. The molecular weight excluding hydrogens is 286 g/mol. The van der Waals surface area contributed by atoms with Gasteiger partial charge in [0, 0.05) is 16.1 Å². The number of carbonyl (C=O) groups excluding carboxylic acids is 1. The molecule has 0 radical (unpaired) electrons. The van der Waals surface area contributed by atoms with Crippen LogP contribution in [0.15, 0.2) is 60.7 Å². The number of hydrogen-bond acceptors (Lipinski definition) is 2. The summed E-state index contributed by atoms with van der Waals surface area (Å²) in [7, 11) is 0. The summed E-state index contributed by atoms with van der Waals surface area (Å²) in [5.41, 5.74) is 0.814. The Hall–Kier alpha value is -2.52. The van der Waals surface area contributed by atoms with E-state index in [-0.39, 0.29) is 17.2 Å². The Morgan fingerprint density at radius 1 is 1.00 bits per heavy atom. The van der Waals surface area contributed by atoms with Gasteiger partial charge in [-0.3, -0.25) is 4.79 Å². The van der Waals surface area contributed by atoms with Crippen molar-refractivity contribution in [3.63, 3.8) is 0 Å². The van der Waals surface area contributed by atoms with E-state index >= 15 is 0 Å². The van der Waals surface area contributed by atoms with Crippen molar-refractivity contribution in [2.45, 2.75) is 0 Å². The quantitative estimate of drug-likeness (QED) is 0.734. The smallest absolute Gasteiger partial charge is 0.259 e. The zero-order valence-electron chi connectivity index (χ0n) is 11.0. The molecule has 4 heteroatoms. The van der Waals surface area contributed by atoms with Gasteiger partial charge in [-0.1, -0.05) is 48.0 Å². The van der Waals surface area contributed by atoms with Crippen LogP contribution in [-0.2, 0) is 0 Å². The summed E-state index contributed by atoms with van der Waals surface area (Å²) in [4.78, 5) is 12.3. The van der Waals surface area contributed by atoms with Crippen LogP contribution >= 0.6 is 11.6 Å². The molecule has 3 aromatic carbocycles. The van der Waals surface area contributed by atoms with Crippen LogP contribution in [0.4, 0.5) is 5.69 Å². The van der Waals surface area contributed by atoms with Crippen LogP contribution in [0.5, 0.6) is 5.75 Å². The average molecular weight is 298 g/mol. The maximum Gasteiger partial charge on any atom is 0.259 e. The lowest BCUT2D eigenvalue weighted by Gasteiger charge is -2.09. The summed E-state index contributed by atoms with van der Waals surface area (Å²) in [5.74, 6) is -0.395. The molecule has 0 spiro atoms. The van der Waals surface area contributed by atoms with E-state index in [1.54, 1.807) is 36.4 Å². The van der Waals surface area contributed by atoms with Crippen LogP contribution in [0, 0.1) is 0 Å². The Bertz CT molecular complexity index is 830. The molecule has 3 nitrogen and oxygen atoms in total. The van der Waals surface area contributed by atoms with E-state index in [0.29, 0.717) is 16.1 Å². The number of rotatable bonds is 2. The molecule has 2 N–H and O–H groups in total. The Kier molecular flexibility index (Phi) is 3.50. The highest BCUT2D eigenvalue weighted by Crippen LogP contribution is 2.29. The first-order valence-electron chi connectivity index (χ1n) is 6.43. The first kappa shape index (κ1) is 13.5. The minimum atomic E-state index is -0.375. The number of amides is 1. The summed E-state index contributed by atoms with van der Waals surface area (Å²) in [6.07, 6.45) is 0. The molecule has 0 fully saturated rings. The topological polar surface area (TPSA) is 49.3 Å². The summed E-state index contributed by atoms with van der Waals surface area (Å²) < 4.78 is 0. The van der Waals surface area contributed by atoms with E-state index in [2.05, 4.69) is 5.32 Å². The standard InChI is InChI=1S/C17H12ClNO2/c18-12-5-3-6-13(10-12)19-17(21)15-9-8-11-4-1-2-7-14(11)16(15)20/h1-10,20H,(H,19,21). The van der Waals surface area contributed by atoms with Crippen molar-refractivity contribution in [2.24, 2.45) is 0 Å². The molecule has 1 amide bonds. The fourth-order valence-corrected chi connectivity index (χ4v) is 2.39. The molecule has 0 atom stereocenters. The van der Waals surface area contributed by atoms with Crippen molar-refractivity contribution in [3.8, 4) is 5.75 Å². The zero-order valence-corrected chi connectivity index (χ0v) is 11.8. The van der Waals surface area contributed by atoms with Crippen molar-refractivity contribution >= 4 is 34.0 Å². The van der Waals surface area contributed by atoms with Crippen molar-refractivity contribution in [3.05, 3.63) is 71.2 Å². The molecule has 3 aromatic rings. The number of nitrogens with one attached hydrogen (secondary N) is 1. The minimum Gasteiger partial charge on any atom is -0.506 e. The van der Waals surface area contributed by atoms with E-state index in [1.165, 1.54) is 0 Å².